The van der Waals surface area contributed by atoms with Crippen molar-refractivity contribution in [1.82, 2.24) is 0 Å². The second-order valence-corrected chi connectivity index (χ2v) is 4.92. The van der Waals surface area contributed by atoms with E-state index in [4.69, 9.17) is 16.3 Å². The molecule has 4 heteroatoms. The standard InChI is InChI=1S/C16H14ClFO2/c1-10-8-12(11(2)19)6-7-15(10)20-9-13-4-3-5-14(18)16(13)17/h3-8H,9H2,1-2H3. The first kappa shape index (κ1) is 14.5. The zero-order chi connectivity index (χ0) is 14.7. The van der Waals surface area contributed by atoms with E-state index in [1.807, 2.05) is 6.92 Å². The summed E-state index contributed by atoms with van der Waals surface area (Å²) in [6.07, 6.45) is 0. The van der Waals surface area contributed by atoms with E-state index in [0.717, 1.165) is 5.56 Å². The highest BCUT2D eigenvalue weighted by atomic mass is 35.5. The minimum Gasteiger partial charge on any atom is -0.489 e. The fourth-order valence-corrected chi connectivity index (χ4v) is 2.03. The van der Waals surface area contributed by atoms with Crippen LogP contribution in [-0.2, 0) is 6.61 Å². The molecule has 0 fully saturated rings. The molecule has 0 spiro atoms. The van der Waals surface area contributed by atoms with Gasteiger partial charge in [-0.3, -0.25) is 4.79 Å². The molecule has 0 N–H and O–H groups in total. The Hall–Kier alpha value is -1.87. The maximum absolute atomic E-state index is 13.3. The molecule has 2 aromatic carbocycles. The third kappa shape index (κ3) is 3.17. The largest absolute Gasteiger partial charge is 0.489 e. The molecule has 2 aromatic rings. The van der Waals surface area contributed by atoms with Crippen LogP contribution in [0.5, 0.6) is 5.75 Å². The molecular weight excluding hydrogens is 279 g/mol. The van der Waals surface area contributed by atoms with Gasteiger partial charge in [-0.2, -0.15) is 0 Å². The Labute approximate surface area is 122 Å². The number of rotatable bonds is 4. The number of carbonyl (C=O) groups excluding carboxylic acids is 1. The molecule has 0 aliphatic rings. The van der Waals surface area contributed by atoms with E-state index in [2.05, 4.69) is 0 Å². The van der Waals surface area contributed by atoms with E-state index < -0.39 is 5.82 Å². The first-order valence-electron chi connectivity index (χ1n) is 6.16. The Balaban J connectivity index is 2.15. The molecule has 0 aliphatic carbocycles. The van der Waals surface area contributed by atoms with E-state index in [0.29, 0.717) is 16.9 Å². The molecule has 2 rings (SSSR count). The van der Waals surface area contributed by atoms with Crippen LogP contribution >= 0.6 is 11.6 Å². The molecular formula is C16H14ClFO2. The maximum atomic E-state index is 13.3. The summed E-state index contributed by atoms with van der Waals surface area (Å²) < 4.78 is 18.9. The fourth-order valence-electron chi connectivity index (χ4n) is 1.85. The van der Waals surface area contributed by atoms with Crippen molar-refractivity contribution in [2.75, 3.05) is 0 Å². The zero-order valence-electron chi connectivity index (χ0n) is 11.2. The number of Topliss-reactive ketones (excluding diaryl/α,β-unsaturated/α-hetero) is 1. The van der Waals surface area contributed by atoms with E-state index in [9.17, 15) is 9.18 Å². The topological polar surface area (TPSA) is 26.3 Å². The lowest BCUT2D eigenvalue weighted by molar-refractivity contribution is 0.101. The Morgan fingerprint density at radius 1 is 1.30 bits per heavy atom. The molecule has 2 nitrogen and oxygen atoms in total. The van der Waals surface area contributed by atoms with Crippen molar-refractivity contribution in [2.45, 2.75) is 20.5 Å². The van der Waals surface area contributed by atoms with Crippen molar-refractivity contribution in [1.29, 1.82) is 0 Å². The molecule has 0 aromatic heterocycles. The van der Waals surface area contributed by atoms with Crippen LogP contribution in [0.2, 0.25) is 5.02 Å². The average molecular weight is 293 g/mol. The van der Waals surface area contributed by atoms with Crippen molar-refractivity contribution in [3.05, 3.63) is 63.9 Å². The number of benzene rings is 2. The van der Waals surface area contributed by atoms with Crippen LogP contribution in [0.25, 0.3) is 0 Å². The van der Waals surface area contributed by atoms with Crippen molar-refractivity contribution in [3.8, 4) is 5.75 Å². The highest BCUT2D eigenvalue weighted by Gasteiger charge is 2.08. The van der Waals surface area contributed by atoms with Crippen molar-refractivity contribution >= 4 is 17.4 Å². The minimum absolute atomic E-state index is 0.00725. The van der Waals surface area contributed by atoms with Gasteiger partial charge in [0, 0.05) is 11.1 Å². The Morgan fingerprint density at radius 3 is 2.70 bits per heavy atom. The molecule has 0 unspecified atom stereocenters. The summed E-state index contributed by atoms with van der Waals surface area (Å²) in [6, 6.07) is 9.82. The van der Waals surface area contributed by atoms with Gasteiger partial charge in [0.15, 0.2) is 5.78 Å². The highest BCUT2D eigenvalue weighted by Crippen LogP contribution is 2.24. The zero-order valence-corrected chi connectivity index (χ0v) is 12.0. The number of ketones is 1. The van der Waals surface area contributed by atoms with Gasteiger partial charge in [-0.1, -0.05) is 23.7 Å². The molecule has 0 saturated heterocycles. The van der Waals surface area contributed by atoms with Crippen LogP contribution in [0.1, 0.15) is 28.4 Å². The summed E-state index contributed by atoms with van der Waals surface area (Å²) >= 11 is 5.87. The summed E-state index contributed by atoms with van der Waals surface area (Å²) in [7, 11) is 0. The smallest absolute Gasteiger partial charge is 0.159 e. The number of ether oxygens (including phenoxy) is 1. The molecule has 0 heterocycles. The van der Waals surface area contributed by atoms with E-state index in [1.54, 1.807) is 30.3 Å². The van der Waals surface area contributed by atoms with Gasteiger partial charge < -0.3 is 4.74 Å². The van der Waals surface area contributed by atoms with Gasteiger partial charge in [-0.15, -0.1) is 0 Å². The molecule has 0 amide bonds. The lowest BCUT2D eigenvalue weighted by Gasteiger charge is -2.11. The molecule has 0 bridgehead atoms. The lowest BCUT2D eigenvalue weighted by atomic mass is 10.1. The SMILES string of the molecule is CC(=O)c1ccc(OCc2cccc(F)c2Cl)c(C)c1. The number of halogens is 2. The number of carbonyl (C=O) groups is 1. The number of hydrogen-bond donors (Lipinski definition) is 0. The van der Waals surface area contributed by atoms with Crippen LogP contribution in [-0.4, -0.2) is 5.78 Å². The highest BCUT2D eigenvalue weighted by molar-refractivity contribution is 6.31. The van der Waals surface area contributed by atoms with Crippen LogP contribution < -0.4 is 4.74 Å². The van der Waals surface area contributed by atoms with E-state index in [-0.39, 0.29) is 17.4 Å². The Bertz CT molecular complexity index is 653. The van der Waals surface area contributed by atoms with Crippen molar-refractivity contribution in [3.63, 3.8) is 0 Å². The van der Waals surface area contributed by atoms with Crippen LogP contribution in [0, 0.1) is 12.7 Å². The molecule has 0 aliphatic heterocycles. The number of hydrogen-bond acceptors (Lipinski definition) is 2. The van der Waals surface area contributed by atoms with Gasteiger partial charge in [-0.05, 0) is 43.7 Å². The minimum atomic E-state index is -0.462. The third-order valence-corrected chi connectivity index (χ3v) is 3.42. The van der Waals surface area contributed by atoms with Gasteiger partial charge in [-0.25, -0.2) is 4.39 Å². The quantitative estimate of drug-likeness (QED) is 0.772. The summed E-state index contributed by atoms with van der Waals surface area (Å²) in [5.41, 5.74) is 2.07. The first-order chi connectivity index (χ1) is 9.49. The predicted octanol–water partition coefficient (Wildman–Crippen LogP) is 4.57. The van der Waals surface area contributed by atoms with E-state index >= 15 is 0 Å². The Kier molecular flexibility index (Phi) is 4.40. The second kappa shape index (κ2) is 6.06. The van der Waals surface area contributed by atoms with Crippen molar-refractivity contribution < 1.29 is 13.9 Å². The molecule has 20 heavy (non-hydrogen) atoms. The van der Waals surface area contributed by atoms with Crippen LogP contribution in [0.15, 0.2) is 36.4 Å². The van der Waals surface area contributed by atoms with Gasteiger partial charge in [0.1, 0.15) is 18.2 Å². The molecule has 0 radical (unpaired) electrons. The fraction of sp³-hybridized carbons (Fsp3) is 0.188. The van der Waals surface area contributed by atoms with Gasteiger partial charge >= 0.3 is 0 Å². The van der Waals surface area contributed by atoms with E-state index in [1.165, 1.54) is 13.0 Å². The number of aryl methyl sites for hydroxylation is 1. The van der Waals surface area contributed by atoms with Gasteiger partial charge in [0.25, 0.3) is 0 Å². The molecule has 0 saturated carbocycles. The van der Waals surface area contributed by atoms with Gasteiger partial charge in [0.05, 0.1) is 5.02 Å². The van der Waals surface area contributed by atoms with Crippen molar-refractivity contribution in [2.24, 2.45) is 0 Å². The van der Waals surface area contributed by atoms with Crippen LogP contribution in [0.3, 0.4) is 0 Å². The normalized spacial score (nSPS) is 10.4. The predicted molar refractivity (Wildman–Crippen MR) is 76.9 cm³/mol. The summed E-state index contributed by atoms with van der Waals surface area (Å²) in [4.78, 5) is 11.3. The van der Waals surface area contributed by atoms with Crippen LogP contribution in [0.4, 0.5) is 4.39 Å². The first-order valence-corrected chi connectivity index (χ1v) is 6.54. The maximum Gasteiger partial charge on any atom is 0.159 e. The summed E-state index contributed by atoms with van der Waals surface area (Å²) in [6.45, 7) is 3.55. The molecule has 104 valence electrons. The Morgan fingerprint density at radius 2 is 2.05 bits per heavy atom. The second-order valence-electron chi connectivity index (χ2n) is 4.54. The monoisotopic (exact) mass is 292 g/mol. The average Bonchev–Trinajstić information content (AvgIpc) is 2.41. The lowest BCUT2D eigenvalue weighted by Crippen LogP contribution is -2.00. The third-order valence-electron chi connectivity index (χ3n) is 3.00. The summed E-state index contributed by atoms with van der Waals surface area (Å²) in [5, 5.41) is 0.0745. The molecule has 0 atom stereocenters. The van der Waals surface area contributed by atoms with Gasteiger partial charge in [0.2, 0.25) is 0 Å². The summed E-state index contributed by atoms with van der Waals surface area (Å²) in [5.74, 6) is 0.194.